The number of nitrogens with one attached hydrogen (secondary N) is 1. The Morgan fingerprint density at radius 1 is 1.00 bits per heavy atom. The normalized spacial score (nSPS) is 12.5. The Morgan fingerprint density at radius 2 is 1.66 bits per heavy atom. The van der Waals surface area contributed by atoms with Gasteiger partial charge in [-0.15, -0.1) is 11.3 Å². The Hall–Kier alpha value is -2.44. The summed E-state index contributed by atoms with van der Waals surface area (Å²) in [6.07, 6.45) is 3.33. The first-order valence-corrected chi connectivity index (χ1v) is 12.5. The molecule has 0 aliphatic carbocycles. The lowest BCUT2D eigenvalue weighted by Gasteiger charge is -2.19. The quantitative estimate of drug-likeness (QED) is 0.563. The van der Waals surface area contributed by atoms with Crippen molar-refractivity contribution in [3.8, 4) is 0 Å². The average molecular weight is 428 g/mol. The summed E-state index contributed by atoms with van der Waals surface area (Å²) in [5.41, 5.74) is 3.50. The van der Waals surface area contributed by atoms with Crippen LogP contribution < -0.4 is 5.32 Å². The minimum atomic E-state index is -3.10. The lowest BCUT2D eigenvalue weighted by Crippen LogP contribution is -2.28. The van der Waals surface area contributed by atoms with Gasteiger partial charge < -0.3 is 5.32 Å². The monoisotopic (exact) mass is 427 g/mol. The Bertz CT molecular complexity index is 1040. The van der Waals surface area contributed by atoms with E-state index in [2.05, 4.69) is 36.5 Å². The van der Waals surface area contributed by atoms with E-state index in [4.69, 9.17) is 0 Å². The van der Waals surface area contributed by atoms with Gasteiger partial charge in [0.05, 0.1) is 11.8 Å². The highest BCUT2D eigenvalue weighted by molar-refractivity contribution is 7.89. The zero-order valence-corrected chi connectivity index (χ0v) is 18.2. The fraction of sp³-hybridized carbons (Fsp3) is 0.261. The van der Waals surface area contributed by atoms with E-state index < -0.39 is 9.84 Å². The van der Waals surface area contributed by atoms with Crippen molar-refractivity contribution in [3.63, 3.8) is 0 Å². The third kappa shape index (κ3) is 6.02. The van der Waals surface area contributed by atoms with Crippen molar-refractivity contribution in [2.24, 2.45) is 0 Å². The molecule has 3 aromatic rings. The minimum absolute atomic E-state index is 0.0309. The zero-order chi connectivity index (χ0) is 20.9. The third-order valence-corrected chi connectivity index (χ3v) is 6.39. The van der Waals surface area contributed by atoms with Crippen LogP contribution in [0.4, 0.5) is 0 Å². The summed E-state index contributed by atoms with van der Waals surface area (Å²) in [5, 5.41) is 5.12. The van der Waals surface area contributed by atoms with Gasteiger partial charge in [-0.25, -0.2) is 8.42 Å². The van der Waals surface area contributed by atoms with Crippen LogP contribution in [0.15, 0.2) is 66.0 Å². The molecule has 0 fully saturated rings. The van der Waals surface area contributed by atoms with Crippen molar-refractivity contribution in [1.82, 2.24) is 5.32 Å². The number of aryl methyl sites for hydroxylation is 1. The zero-order valence-electron chi connectivity index (χ0n) is 16.6. The van der Waals surface area contributed by atoms with Gasteiger partial charge in [0.25, 0.3) is 5.91 Å². The Labute approximate surface area is 176 Å². The second-order valence-corrected chi connectivity index (χ2v) is 10.3. The molecule has 1 aromatic heterocycles. The van der Waals surface area contributed by atoms with Crippen LogP contribution in [0.1, 0.15) is 51.3 Å². The second kappa shape index (κ2) is 9.37. The van der Waals surface area contributed by atoms with Crippen LogP contribution in [-0.2, 0) is 22.0 Å². The van der Waals surface area contributed by atoms with Crippen molar-refractivity contribution < 1.29 is 13.2 Å². The summed E-state index contributed by atoms with van der Waals surface area (Å²) in [6.45, 7) is 2.16. The molecule has 0 bridgehead atoms. The fourth-order valence-electron chi connectivity index (χ4n) is 3.21. The molecule has 0 spiro atoms. The maximum Gasteiger partial charge on any atom is 0.252 e. The average Bonchev–Trinajstić information content (AvgIpc) is 3.21. The highest BCUT2D eigenvalue weighted by Crippen LogP contribution is 2.27. The Kier molecular flexibility index (Phi) is 6.87. The van der Waals surface area contributed by atoms with Crippen LogP contribution in [0.2, 0.25) is 0 Å². The van der Waals surface area contributed by atoms with E-state index in [0.29, 0.717) is 11.1 Å². The van der Waals surface area contributed by atoms with Crippen LogP contribution in [0.25, 0.3) is 0 Å². The van der Waals surface area contributed by atoms with Crippen molar-refractivity contribution in [3.05, 3.63) is 93.2 Å². The van der Waals surface area contributed by atoms with Gasteiger partial charge in [-0.1, -0.05) is 55.8 Å². The van der Waals surface area contributed by atoms with E-state index in [1.165, 1.54) is 11.8 Å². The molecule has 0 radical (unpaired) electrons. The molecule has 1 unspecified atom stereocenters. The molecule has 0 aliphatic rings. The first-order valence-electron chi connectivity index (χ1n) is 9.55. The van der Waals surface area contributed by atoms with Crippen LogP contribution in [0.3, 0.4) is 0 Å². The summed E-state index contributed by atoms with van der Waals surface area (Å²) < 4.78 is 22.9. The molecular weight excluding hydrogens is 402 g/mol. The van der Waals surface area contributed by atoms with Crippen molar-refractivity contribution in [1.29, 1.82) is 0 Å². The first-order chi connectivity index (χ1) is 13.9. The van der Waals surface area contributed by atoms with Crippen molar-refractivity contribution in [2.75, 3.05) is 6.26 Å². The standard InChI is InChI=1S/C23H25NO3S2/c1-3-5-17-7-11-19(12-8-17)22(21-6-4-15-28-21)24-23(25)20-13-9-18(10-14-20)16-29(2,26)27/h4,6-15,22H,3,5,16H2,1-2H3,(H,24,25). The molecule has 1 amide bonds. The number of hydrogen-bond donors (Lipinski definition) is 1. The molecular formula is C23H25NO3S2. The first kappa shape index (κ1) is 21.3. The van der Waals surface area contributed by atoms with E-state index in [0.717, 1.165) is 23.3 Å². The molecule has 0 saturated heterocycles. The molecule has 3 rings (SSSR count). The SMILES string of the molecule is CCCc1ccc(C(NC(=O)c2ccc(CS(C)(=O)=O)cc2)c2cccs2)cc1. The number of carbonyl (C=O) groups excluding carboxylic acids is 1. The molecule has 0 aliphatic heterocycles. The van der Waals surface area contributed by atoms with Gasteiger partial charge >= 0.3 is 0 Å². The van der Waals surface area contributed by atoms with Crippen LogP contribution in [-0.4, -0.2) is 20.6 Å². The van der Waals surface area contributed by atoms with Crippen molar-refractivity contribution in [2.45, 2.75) is 31.6 Å². The Morgan fingerprint density at radius 3 is 2.21 bits per heavy atom. The van der Waals surface area contributed by atoms with E-state index in [1.54, 1.807) is 35.6 Å². The molecule has 4 nitrogen and oxygen atoms in total. The highest BCUT2D eigenvalue weighted by Gasteiger charge is 2.19. The van der Waals surface area contributed by atoms with Gasteiger partial charge in [-0.3, -0.25) is 4.79 Å². The molecule has 0 saturated carbocycles. The van der Waals surface area contributed by atoms with Crippen LogP contribution >= 0.6 is 11.3 Å². The van der Waals surface area contributed by atoms with Gasteiger partial charge in [0.1, 0.15) is 0 Å². The molecule has 1 N–H and O–H groups in total. The number of rotatable bonds is 8. The topological polar surface area (TPSA) is 63.2 Å². The summed E-state index contributed by atoms with van der Waals surface area (Å²) in [6, 6.07) is 18.9. The number of amides is 1. The molecule has 2 aromatic carbocycles. The summed E-state index contributed by atoms with van der Waals surface area (Å²) in [7, 11) is -3.10. The second-order valence-electron chi connectivity index (χ2n) is 7.18. The molecule has 1 atom stereocenters. The lowest BCUT2D eigenvalue weighted by atomic mass is 10.0. The summed E-state index contributed by atoms with van der Waals surface area (Å²) >= 11 is 1.60. The maximum atomic E-state index is 12.9. The maximum absolute atomic E-state index is 12.9. The van der Waals surface area contributed by atoms with E-state index in [-0.39, 0.29) is 17.7 Å². The smallest absolute Gasteiger partial charge is 0.252 e. The molecule has 6 heteroatoms. The van der Waals surface area contributed by atoms with Gasteiger partial charge in [-0.05, 0) is 46.7 Å². The van der Waals surface area contributed by atoms with E-state index in [9.17, 15) is 13.2 Å². The summed E-state index contributed by atoms with van der Waals surface area (Å²) in [4.78, 5) is 13.9. The number of thiophene rings is 1. The van der Waals surface area contributed by atoms with Crippen molar-refractivity contribution >= 4 is 27.1 Å². The Balaban J connectivity index is 1.80. The molecule has 1 heterocycles. The summed E-state index contributed by atoms with van der Waals surface area (Å²) in [5.74, 6) is -0.219. The fourth-order valence-corrected chi connectivity index (χ4v) is 4.81. The number of sulfone groups is 1. The largest absolute Gasteiger partial charge is 0.340 e. The number of carbonyl (C=O) groups is 1. The predicted molar refractivity (Wildman–Crippen MR) is 119 cm³/mol. The lowest BCUT2D eigenvalue weighted by molar-refractivity contribution is 0.0943. The number of benzene rings is 2. The van der Waals surface area contributed by atoms with Gasteiger partial charge in [-0.2, -0.15) is 0 Å². The minimum Gasteiger partial charge on any atom is -0.340 e. The predicted octanol–water partition coefficient (Wildman–Crippen LogP) is 4.76. The van der Waals surface area contributed by atoms with E-state index >= 15 is 0 Å². The van der Waals surface area contributed by atoms with Crippen LogP contribution in [0.5, 0.6) is 0 Å². The molecule has 152 valence electrons. The van der Waals surface area contributed by atoms with Gasteiger partial charge in [0.15, 0.2) is 9.84 Å². The molecule has 29 heavy (non-hydrogen) atoms. The van der Waals surface area contributed by atoms with Gasteiger partial charge in [0.2, 0.25) is 0 Å². The van der Waals surface area contributed by atoms with E-state index in [1.807, 2.05) is 17.5 Å². The third-order valence-electron chi connectivity index (χ3n) is 4.60. The number of hydrogen-bond acceptors (Lipinski definition) is 4. The highest BCUT2D eigenvalue weighted by atomic mass is 32.2. The van der Waals surface area contributed by atoms with Crippen LogP contribution in [0, 0.1) is 0 Å². The van der Waals surface area contributed by atoms with Gasteiger partial charge in [0, 0.05) is 16.7 Å².